The zero-order valence-electron chi connectivity index (χ0n) is 21.5. The molecule has 0 saturated carbocycles. The molecule has 0 fully saturated rings. The summed E-state index contributed by atoms with van der Waals surface area (Å²) in [5.41, 5.74) is 5.24. The van der Waals surface area contributed by atoms with Gasteiger partial charge in [-0.05, 0) is 56.4 Å². The number of hydrogen-bond donors (Lipinski definition) is 0. The van der Waals surface area contributed by atoms with Crippen molar-refractivity contribution in [1.82, 2.24) is 0 Å². The minimum atomic E-state index is 1.26. The van der Waals surface area contributed by atoms with Crippen molar-refractivity contribution < 1.29 is 0 Å². The van der Waals surface area contributed by atoms with Gasteiger partial charge in [0.25, 0.3) is 0 Å². The Morgan fingerprint density at radius 3 is 1.45 bits per heavy atom. The normalized spacial score (nSPS) is 12.0. The van der Waals surface area contributed by atoms with Crippen molar-refractivity contribution in [2.45, 2.75) is 0 Å². The standard InChI is InChI=1S/C38H22S2/c1-2-12-23(13-3-1)34-24-14-4-6-16-26(24)35(27-17-7-5-15-25(27)34)30-22-33-36(28-18-8-10-20-31(28)39-33)37-29-19-9-11-21-32(29)40-38(30)37/h1-22H. The lowest BCUT2D eigenvalue weighted by Gasteiger charge is -2.18. The molecule has 0 atom stereocenters. The van der Waals surface area contributed by atoms with E-state index in [4.69, 9.17) is 0 Å². The van der Waals surface area contributed by atoms with Crippen LogP contribution in [0.25, 0.3) is 84.1 Å². The Labute approximate surface area is 239 Å². The SMILES string of the molecule is c1ccc(-c2c3ccccc3c(-c3cc4sc5ccccc5c4c4c3sc3ccccc34)c3ccccc23)cc1. The minimum Gasteiger partial charge on any atom is -0.135 e. The van der Waals surface area contributed by atoms with Crippen molar-refractivity contribution in [2.75, 3.05) is 0 Å². The van der Waals surface area contributed by atoms with Crippen molar-refractivity contribution in [3.8, 4) is 22.3 Å². The summed E-state index contributed by atoms with van der Waals surface area (Å²) >= 11 is 3.84. The number of hydrogen-bond acceptors (Lipinski definition) is 2. The predicted octanol–water partition coefficient (Wildman–Crippen LogP) is 12.1. The molecule has 0 nitrogen and oxygen atoms in total. The first kappa shape index (κ1) is 22.3. The molecule has 0 saturated heterocycles. The third-order valence-corrected chi connectivity index (χ3v) is 10.6. The highest BCUT2D eigenvalue weighted by Gasteiger charge is 2.22. The average molecular weight is 543 g/mol. The van der Waals surface area contributed by atoms with Gasteiger partial charge in [-0.25, -0.2) is 0 Å². The number of thiophene rings is 2. The first-order chi connectivity index (χ1) is 19.9. The van der Waals surface area contributed by atoms with Crippen molar-refractivity contribution >= 4 is 84.6 Å². The van der Waals surface area contributed by atoms with Crippen molar-refractivity contribution in [3.63, 3.8) is 0 Å². The van der Waals surface area contributed by atoms with Crippen LogP contribution in [0.4, 0.5) is 0 Å². The fourth-order valence-electron chi connectivity index (χ4n) is 6.62. The summed E-state index contributed by atoms with van der Waals surface area (Å²) in [6, 6.07) is 49.1. The van der Waals surface area contributed by atoms with Crippen LogP contribution in [0.1, 0.15) is 0 Å². The van der Waals surface area contributed by atoms with E-state index in [0.717, 1.165) is 0 Å². The summed E-state index contributed by atoms with van der Waals surface area (Å²) < 4.78 is 5.42. The molecule has 0 amide bonds. The van der Waals surface area contributed by atoms with E-state index in [-0.39, 0.29) is 0 Å². The second-order valence-electron chi connectivity index (χ2n) is 10.4. The van der Waals surface area contributed by atoms with Gasteiger partial charge in [0.1, 0.15) is 0 Å². The van der Waals surface area contributed by atoms with Crippen LogP contribution in [0, 0.1) is 0 Å². The monoisotopic (exact) mass is 542 g/mol. The van der Waals surface area contributed by atoms with Crippen LogP contribution < -0.4 is 0 Å². The third kappa shape index (κ3) is 3.06. The van der Waals surface area contributed by atoms with E-state index in [1.165, 1.54) is 84.1 Å². The van der Waals surface area contributed by atoms with Gasteiger partial charge in [0.05, 0.1) is 0 Å². The minimum absolute atomic E-state index is 1.26. The Morgan fingerprint density at radius 2 is 0.825 bits per heavy atom. The van der Waals surface area contributed by atoms with E-state index in [2.05, 4.69) is 133 Å². The molecule has 0 spiro atoms. The highest BCUT2D eigenvalue weighted by atomic mass is 32.1. The third-order valence-electron chi connectivity index (χ3n) is 8.25. The zero-order valence-corrected chi connectivity index (χ0v) is 23.2. The maximum Gasteiger partial charge on any atom is 0.0441 e. The molecule has 2 heterocycles. The molecule has 0 radical (unpaired) electrons. The molecule has 0 aliphatic heterocycles. The van der Waals surface area contributed by atoms with Gasteiger partial charge in [-0.15, -0.1) is 22.7 Å². The van der Waals surface area contributed by atoms with E-state index in [1.54, 1.807) is 0 Å². The molecule has 7 aromatic carbocycles. The Balaban J connectivity index is 1.53. The topological polar surface area (TPSA) is 0 Å². The Hall–Kier alpha value is -4.50. The zero-order chi connectivity index (χ0) is 26.2. The molecule has 0 aliphatic carbocycles. The van der Waals surface area contributed by atoms with Gasteiger partial charge < -0.3 is 0 Å². The molecule has 186 valence electrons. The lowest BCUT2D eigenvalue weighted by atomic mass is 9.85. The highest BCUT2D eigenvalue weighted by molar-refractivity contribution is 7.28. The molecule has 0 aliphatic rings. The molecule has 9 rings (SSSR count). The lowest BCUT2D eigenvalue weighted by Crippen LogP contribution is -1.91. The van der Waals surface area contributed by atoms with Gasteiger partial charge in [0.2, 0.25) is 0 Å². The summed E-state index contributed by atoms with van der Waals surface area (Å²) in [5, 5.41) is 10.7. The van der Waals surface area contributed by atoms with Gasteiger partial charge in [0.15, 0.2) is 0 Å². The number of benzene rings is 7. The van der Waals surface area contributed by atoms with Crippen LogP contribution in [0.5, 0.6) is 0 Å². The molecule has 40 heavy (non-hydrogen) atoms. The fourth-order valence-corrected chi connectivity index (χ4v) is 9.01. The molecule has 0 N–H and O–H groups in total. The summed E-state index contributed by atoms with van der Waals surface area (Å²) in [7, 11) is 0. The summed E-state index contributed by atoms with van der Waals surface area (Å²) in [5.74, 6) is 0. The fraction of sp³-hybridized carbons (Fsp3) is 0. The summed E-state index contributed by atoms with van der Waals surface area (Å²) in [6.07, 6.45) is 0. The van der Waals surface area contributed by atoms with Crippen molar-refractivity contribution in [2.24, 2.45) is 0 Å². The van der Waals surface area contributed by atoms with E-state index in [0.29, 0.717) is 0 Å². The van der Waals surface area contributed by atoms with Crippen molar-refractivity contribution in [3.05, 3.63) is 133 Å². The van der Waals surface area contributed by atoms with Gasteiger partial charge in [0, 0.05) is 45.9 Å². The molecule has 9 aromatic rings. The smallest absolute Gasteiger partial charge is 0.0441 e. The molecular weight excluding hydrogens is 521 g/mol. The van der Waals surface area contributed by atoms with E-state index >= 15 is 0 Å². The Bertz CT molecular complexity index is 2370. The van der Waals surface area contributed by atoms with Crippen LogP contribution in [-0.2, 0) is 0 Å². The maximum atomic E-state index is 2.48. The van der Waals surface area contributed by atoms with Crippen molar-refractivity contribution in [1.29, 1.82) is 0 Å². The Morgan fingerprint density at radius 1 is 0.350 bits per heavy atom. The van der Waals surface area contributed by atoms with Crippen LogP contribution in [0.3, 0.4) is 0 Å². The molecule has 2 aromatic heterocycles. The van der Waals surface area contributed by atoms with E-state index in [1.807, 2.05) is 22.7 Å². The second-order valence-corrected chi connectivity index (χ2v) is 12.5. The van der Waals surface area contributed by atoms with Crippen LogP contribution in [0.2, 0.25) is 0 Å². The van der Waals surface area contributed by atoms with Gasteiger partial charge in [-0.1, -0.05) is 115 Å². The maximum absolute atomic E-state index is 2.48. The van der Waals surface area contributed by atoms with E-state index < -0.39 is 0 Å². The molecular formula is C38H22S2. The summed E-state index contributed by atoms with van der Waals surface area (Å²) in [4.78, 5) is 0. The van der Waals surface area contributed by atoms with Crippen LogP contribution in [0.15, 0.2) is 133 Å². The van der Waals surface area contributed by atoms with Gasteiger partial charge >= 0.3 is 0 Å². The van der Waals surface area contributed by atoms with Gasteiger partial charge in [-0.2, -0.15) is 0 Å². The van der Waals surface area contributed by atoms with Crippen LogP contribution in [-0.4, -0.2) is 0 Å². The molecule has 2 heteroatoms. The number of fused-ring (bicyclic) bond motifs is 9. The first-order valence-electron chi connectivity index (χ1n) is 13.6. The van der Waals surface area contributed by atoms with Gasteiger partial charge in [-0.3, -0.25) is 0 Å². The number of rotatable bonds is 2. The largest absolute Gasteiger partial charge is 0.135 e. The Kier molecular flexibility index (Phi) is 4.74. The second kappa shape index (κ2) is 8.50. The first-order valence-corrected chi connectivity index (χ1v) is 15.2. The highest BCUT2D eigenvalue weighted by Crippen LogP contribution is 2.52. The van der Waals surface area contributed by atoms with Crippen LogP contribution >= 0.6 is 22.7 Å². The summed E-state index contributed by atoms with van der Waals surface area (Å²) in [6.45, 7) is 0. The quantitative estimate of drug-likeness (QED) is 0.191. The lowest BCUT2D eigenvalue weighted by molar-refractivity contribution is 1.67. The molecule has 0 unspecified atom stereocenters. The molecule has 0 bridgehead atoms. The van der Waals surface area contributed by atoms with E-state index in [9.17, 15) is 0 Å². The predicted molar refractivity (Wildman–Crippen MR) is 178 cm³/mol. The average Bonchev–Trinajstić information content (AvgIpc) is 3.58.